The van der Waals surface area contributed by atoms with Crippen LogP contribution in [0.3, 0.4) is 0 Å². The highest BCUT2D eigenvalue weighted by Crippen LogP contribution is 2.25. The van der Waals surface area contributed by atoms with Gasteiger partial charge in [-0.2, -0.15) is 5.10 Å². The van der Waals surface area contributed by atoms with Gasteiger partial charge in [-0.15, -0.1) is 0 Å². The number of fused-ring (bicyclic) bond motifs is 1. The number of hydrogen-bond acceptors (Lipinski definition) is 5. The summed E-state index contributed by atoms with van der Waals surface area (Å²) >= 11 is 0. The lowest BCUT2D eigenvalue weighted by atomic mass is 10.0. The molecule has 1 N–H and O–H groups in total. The molecule has 0 aliphatic rings. The van der Waals surface area contributed by atoms with Crippen molar-refractivity contribution in [2.24, 2.45) is 0 Å². The van der Waals surface area contributed by atoms with Gasteiger partial charge in [0, 0.05) is 24.5 Å². The quantitative estimate of drug-likeness (QED) is 0.400. The van der Waals surface area contributed by atoms with Crippen LogP contribution in [0.15, 0.2) is 89.9 Å². The van der Waals surface area contributed by atoms with E-state index in [1.54, 1.807) is 35.6 Å². The number of furan rings is 1. The largest absolute Gasteiger partial charge is 0.467 e. The summed E-state index contributed by atoms with van der Waals surface area (Å²) in [5.74, 6) is 0.788. The lowest BCUT2D eigenvalue weighted by molar-refractivity contribution is 0.0953. The second kappa shape index (κ2) is 9.08. The minimum absolute atomic E-state index is 0.159. The van der Waals surface area contributed by atoms with Crippen molar-refractivity contribution in [2.75, 3.05) is 6.54 Å². The standard InChI is InChI=1S/C26H23N5O2/c1-18(19-7-3-2-4-8-19)14-28-26(32)22-13-24(20-9-5-11-27-15-20)30-25-23(22)16-29-31(25)17-21-10-6-12-33-21/h2-13,15-16,18H,14,17H2,1H3,(H,28,32). The number of rotatable bonds is 7. The van der Waals surface area contributed by atoms with Gasteiger partial charge < -0.3 is 9.73 Å². The molecule has 0 fully saturated rings. The van der Waals surface area contributed by atoms with Gasteiger partial charge in [-0.05, 0) is 41.8 Å². The molecule has 1 aromatic carbocycles. The Bertz CT molecular complexity index is 1360. The van der Waals surface area contributed by atoms with Crippen LogP contribution in [0.2, 0.25) is 0 Å². The third-order valence-electron chi connectivity index (χ3n) is 5.63. The highest BCUT2D eigenvalue weighted by atomic mass is 16.3. The van der Waals surface area contributed by atoms with E-state index in [4.69, 9.17) is 9.40 Å². The molecule has 0 saturated carbocycles. The maximum absolute atomic E-state index is 13.3. The van der Waals surface area contributed by atoms with Crippen LogP contribution >= 0.6 is 0 Å². The molecule has 1 atom stereocenters. The topological polar surface area (TPSA) is 85.8 Å². The number of hydrogen-bond donors (Lipinski definition) is 1. The van der Waals surface area contributed by atoms with E-state index in [-0.39, 0.29) is 11.8 Å². The summed E-state index contributed by atoms with van der Waals surface area (Å²) < 4.78 is 7.22. The van der Waals surface area contributed by atoms with Gasteiger partial charge in [0.15, 0.2) is 5.65 Å². The van der Waals surface area contributed by atoms with Crippen molar-refractivity contribution < 1.29 is 9.21 Å². The predicted molar refractivity (Wildman–Crippen MR) is 126 cm³/mol. The Morgan fingerprint density at radius 3 is 2.73 bits per heavy atom. The second-order valence-electron chi connectivity index (χ2n) is 7.94. The average Bonchev–Trinajstić information content (AvgIpc) is 3.53. The molecule has 7 heteroatoms. The molecule has 0 spiro atoms. The second-order valence-corrected chi connectivity index (χ2v) is 7.94. The molecule has 5 rings (SSSR count). The molecule has 0 saturated heterocycles. The summed E-state index contributed by atoms with van der Waals surface area (Å²) in [6, 6.07) is 19.4. The zero-order chi connectivity index (χ0) is 22.6. The Hall–Kier alpha value is -4.26. The fraction of sp³-hybridized carbons (Fsp3) is 0.154. The third-order valence-corrected chi connectivity index (χ3v) is 5.63. The van der Waals surface area contributed by atoms with Gasteiger partial charge in [-0.25, -0.2) is 9.67 Å². The first-order valence-electron chi connectivity index (χ1n) is 10.8. The van der Waals surface area contributed by atoms with Crippen LogP contribution in [0.5, 0.6) is 0 Å². The molecule has 1 amide bonds. The van der Waals surface area contributed by atoms with Gasteiger partial charge in [0.2, 0.25) is 0 Å². The zero-order valence-electron chi connectivity index (χ0n) is 18.2. The summed E-state index contributed by atoms with van der Waals surface area (Å²) in [7, 11) is 0. The highest BCUT2D eigenvalue weighted by Gasteiger charge is 2.19. The predicted octanol–water partition coefficient (Wildman–Crippen LogP) is 4.67. The first kappa shape index (κ1) is 20.6. The average molecular weight is 438 g/mol. The lowest BCUT2D eigenvalue weighted by Gasteiger charge is -2.14. The van der Waals surface area contributed by atoms with Gasteiger partial charge in [-0.3, -0.25) is 9.78 Å². The van der Waals surface area contributed by atoms with E-state index >= 15 is 0 Å². The molecule has 0 aliphatic carbocycles. The Morgan fingerprint density at radius 2 is 1.97 bits per heavy atom. The molecule has 0 radical (unpaired) electrons. The van der Waals surface area contributed by atoms with Crippen molar-refractivity contribution in [1.82, 2.24) is 25.1 Å². The molecule has 5 aromatic rings. The van der Waals surface area contributed by atoms with E-state index in [2.05, 4.69) is 34.5 Å². The number of nitrogens with zero attached hydrogens (tertiary/aromatic N) is 4. The van der Waals surface area contributed by atoms with E-state index < -0.39 is 0 Å². The van der Waals surface area contributed by atoms with Crippen LogP contribution in [0.4, 0.5) is 0 Å². The fourth-order valence-corrected chi connectivity index (χ4v) is 3.80. The molecule has 0 aliphatic heterocycles. The van der Waals surface area contributed by atoms with Crippen LogP contribution in [-0.4, -0.2) is 32.2 Å². The monoisotopic (exact) mass is 437 g/mol. The van der Waals surface area contributed by atoms with Crippen molar-refractivity contribution in [3.8, 4) is 11.3 Å². The first-order valence-corrected chi connectivity index (χ1v) is 10.8. The van der Waals surface area contributed by atoms with Crippen molar-refractivity contribution >= 4 is 16.9 Å². The summed E-state index contributed by atoms with van der Waals surface area (Å²) in [5, 5.41) is 8.27. The number of carbonyl (C=O) groups is 1. The highest BCUT2D eigenvalue weighted by molar-refractivity contribution is 6.06. The van der Waals surface area contributed by atoms with E-state index in [0.29, 0.717) is 35.4 Å². The molecule has 1 unspecified atom stereocenters. The Kier molecular flexibility index (Phi) is 5.68. The van der Waals surface area contributed by atoms with E-state index in [0.717, 1.165) is 11.3 Å². The fourth-order valence-electron chi connectivity index (χ4n) is 3.80. The number of pyridine rings is 2. The maximum atomic E-state index is 13.3. The van der Waals surface area contributed by atoms with Gasteiger partial charge in [0.1, 0.15) is 12.3 Å². The van der Waals surface area contributed by atoms with Crippen molar-refractivity contribution in [1.29, 1.82) is 0 Å². The van der Waals surface area contributed by atoms with Crippen molar-refractivity contribution in [3.05, 3.63) is 102 Å². The number of amides is 1. The molecule has 0 bridgehead atoms. The Labute approximate surface area is 191 Å². The summed E-state index contributed by atoms with van der Waals surface area (Å²) in [6.45, 7) is 3.04. The molecule has 4 aromatic heterocycles. The molecular weight excluding hydrogens is 414 g/mol. The number of benzene rings is 1. The molecule has 4 heterocycles. The molecule has 164 valence electrons. The van der Waals surface area contributed by atoms with Crippen LogP contribution < -0.4 is 5.32 Å². The zero-order valence-corrected chi connectivity index (χ0v) is 18.2. The number of aromatic nitrogens is 4. The number of carbonyl (C=O) groups excluding carboxylic acids is 1. The van der Waals surface area contributed by atoms with Crippen LogP contribution in [0, 0.1) is 0 Å². The van der Waals surface area contributed by atoms with Crippen LogP contribution in [-0.2, 0) is 6.54 Å². The molecule has 33 heavy (non-hydrogen) atoms. The van der Waals surface area contributed by atoms with E-state index in [1.807, 2.05) is 42.5 Å². The van der Waals surface area contributed by atoms with E-state index in [1.165, 1.54) is 5.56 Å². The Morgan fingerprint density at radius 1 is 1.09 bits per heavy atom. The van der Waals surface area contributed by atoms with Crippen LogP contribution in [0.1, 0.15) is 34.5 Å². The first-order chi connectivity index (χ1) is 16.2. The minimum atomic E-state index is -0.159. The van der Waals surface area contributed by atoms with E-state index in [9.17, 15) is 4.79 Å². The van der Waals surface area contributed by atoms with Crippen LogP contribution in [0.25, 0.3) is 22.3 Å². The summed E-state index contributed by atoms with van der Waals surface area (Å²) in [4.78, 5) is 22.3. The maximum Gasteiger partial charge on any atom is 0.252 e. The summed E-state index contributed by atoms with van der Waals surface area (Å²) in [5.41, 5.74) is 3.83. The van der Waals surface area contributed by atoms with Gasteiger partial charge in [-0.1, -0.05) is 37.3 Å². The molecule has 7 nitrogen and oxygen atoms in total. The third kappa shape index (κ3) is 4.39. The SMILES string of the molecule is CC(CNC(=O)c1cc(-c2cccnc2)nc2c1cnn2Cc1ccco1)c1ccccc1. The normalized spacial score (nSPS) is 12.0. The Balaban J connectivity index is 1.49. The minimum Gasteiger partial charge on any atom is -0.467 e. The van der Waals surface area contributed by atoms with Crippen molar-refractivity contribution in [3.63, 3.8) is 0 Å². The smallest absolute Gasteiger partial charge is 0.252 e. The van der Waals surface area contributed by atoms with Gasteiger partial charge in [0.05, 0.1) is 29.1 Å². The van der Waals surface area contributed by atoms with Gasteiger partial charge >= 0.3 is 0 Å². The van der Waals surface area contributed by atoms with Gasteiger partial charge in [0.25, 0.3) is 5.91 Å². The number of nitrogens with one attached hydrogen (secondary N) is 1. The summed E-state index contributed by atoms with van der Waals surface area (Å²) in [6.07, 6.45) is 6.76. The molecular formula is C26H23N5O2. The lowest BCUT2D eigenvalue weighted by Crippen LogP contribution is -2.27. The van der Waals surface area contributed by atoms with Crippen molar-refractivity contribution in [2.45, 2.75) is 19.4 Å².